The molecule has 0 spiro atoms. The molecular formula is C20H21N7O. The molecule has 0 saturated carbocycles. The van der Waals surface area contributed by atoms with E-state index in [4.69, 9.17) is 0 Å². The SMILES string of the molecule is CCCn1c(C)cc(/C=C(\C#N)C(=O)Nc2ccc(-n3cnnn3)cc2)c1C. The first-order chi connectivity index (χ1) is 13.5. The molecule has 1 amide bonds. The van der Waals surface area contributed by atoms with Crippen LogP contribution in [-0.2, 0) is 11.3 Å². The smallest absolute Gasteiger partial charge is 0.266 e. The molecule has 0 radical (unpaired) electrons. The summed E-state index contributed by atoms with van der Waals surface area (Å²) in [5.74, 6) is -0.446. The number of hydrogen-bond acceptors (Lipinski definition) is 5. The van der Waals surface area contributed by atoms with Crippen molar-refractivity contribution in [3.8, 4) is 11.8 Å². The topological polar surface area (TPSA) is 101 Å². The molecule has 142 valence electrons. The standard InChI is InChI=1S/C20H21N7O/c1-4-9-26-14(2)10-16(15(26)3)11-17(12-21)20(28)23-18-5-7-19(8-6-18)27-13-22-24-25-27/h5-8,10-11,13H,4,9H2,1-3H3,(H,23,28)/b17-11+. The molecule has 3 rings (SSSR count). The number of carbonyl (C=O) groups excluding carboxylic acids is 1. The van der Waals surface area contributed by atoms with Crippen molar-refractivity contribution in [1.82, 2.24) is 24.8 Å². The highest BCUT2D eigenvalue weighted by molar-refractivity contribution is 6.09. The number of amides is 1. The summed E-state index contributed by atoms with van der Waals surface area (Å²) in [5.41, 5.74) is 4.45. The van der Waals surface area contributed by atoms with Gasteiger partial charge in [0.05, 0.1) is 5.69 Å². The lowest BCUT2D eigenvalue weighted by Gasteiger charge is -2.07. The number of aryl methyl sites for hydroxylation is 1. The van der Waals surface area contributed by atoms with E-state index < -0.39 is 5.91 Å². The number of nitrogens with one attached hydrogen (secondary N) is 1. The van der Waals surface area contributed by atoms with E-state index in [0.717, 1.165) is 35.6 Å². The minimum atomic E-state index is -0.446. The van der Waals surface area contributed by atoms with Gasteiger partial charge in [-0.05, 0) is 72.7 Å². The van der Waals surface area contributed by atoms with Gasteiger partial charge in [-0.2, -0.15) is 5.26 Å². The van der Waals surface area contributed by atoms with Crippen LogP contribution in [-0.4, -0.2) is 30.7 Å². The van der Waals surface area contributed by atoms with Crippen LogP contribution in [0.2, 0.25) is 0 Å². The summed E-state index contributed by atoms with van der Waals surface area (Å²) in [6.45, 7) is 7.05. The van der Waals surface area contributed by atoms with Crippen molar-refractivity contribution >= 4 is 17.7 Å². The Morgan fingerprint density at radius 2 is 2.04 bits per heavy atom. The van der Waals surface area contributed by atoms with Gasteiger partial charge >= 0.3 is 0 Å². The largest absolute Gasteiger partial charge is 0.349 e. The van der Waals surface area contributed by atoms with E-state index in [1.165, 1.54) is 11.0 Å². The van der Waals surface area contributed by atoms with Crippen LogP contribution in [0.15, 0.2) is 42.2 Å². The first-order valence-corrected chi connectivity index (χ1v) is 8.96. The molecule has 28 heavy (non-hydrogen) atoms. The average Bonchev–Trinajstić information content (AvgIpc) is 3.31. The highest BCUT2D eigenvalue weighted by Gasteiger charge is 2.13. The van der Waals surface area contributed by atoms with Crippen molar-refractivity contribution < 1.29 is 4.79 Å². The van der Waals surface area contributed by atoms with Crippen molar-refractivity contribution in [3.05, 3.63) is 59.2 Å². The Labute approximate surface area is 163 Å². The zero-order chi connectivity index (χ0) is 20.1. The van der Waals surface area contributed by atoms with Gasteiger partial charge in [-0.25, -0.2) is 4.68 Å². The number of tetrazole rings is 1. The van der Waals surface area contributed by atoms with Crippen LogP contribution in [0, 0.1) is 25.2 Å². The Bertz CT molecular complexity index is 1040. The quantitative estimate of drug-likeness (QED) is 0.527. The lowest BCUT2D eigenvalue weighted by molar-refractivity contribution is -0.112. The van der Waals surface area contributed by atoms with E-state index in [-0.39, 0.29) is 5.57 Å². The summed E-state index contributed by atoms with van der Waals surface area (Å²) in [5, 5.41) is 23.2. The van der Waals surface area contributed by atoms with Crippen LogP contribution >= 0.6 is 0 Å². The second-order valence-corrected chi connectivity index (χ2v) is 6.40. The molecule has 2 heterocycles. The van der Waals surface area contributed by atoms with Gasteiger partial charge < -0.3 is 9.88 Å². The molecule has 0 fully saturated rings. The predicted molar refractivity (Wildman–Crippen MR) is 106 cm³/mol. The Balaban J connectivity index is 1.78. The molecule has 0 bridgehead atoms. The number of nitriles is 1. The second-order valence-electron chi connectivity index (χ2n) is 6.40. The number of rotatable bonds is 6. The highest BCUT2D eigenvalue weighted by atomic mass is 16.1. The van der Waals surface area contributed by atoms with E-state index in [1.807, 2.05) is 26.0 Å². The molecule has 3 aromatic rings. The van der Waals surface area contributed by atoms with E-state index in [1.54, 1.807) is 30.3 Å². The maximum absolute atomic E-state index is 12.5. The molecule has 2 aromatic heterocycles. The first kappa shape index (κ1) is 19.0. The van der Waals surface area contributed by atoms with Crippen molar-refractivity contribution in [2.75, 3.05) is 5.32 Å². The lowest BCUT2D eigenvalue weighted by Crippen LogP contribution is -2.13. The fourth-order valence-electron chi connectivity index (χ4n) is 3.02. The molecule has 1 N–H and O–H groups in total. The molecular weight excluding hydrogens is 354 g/mol. The molecule has 0 unspecified atom stereocenters. The highest BCUT2D eigenvalue weighted by Crippen LogP contribution is 2.20. The summed E-state index contributed by atoms with van der Waals surface area (Å²) >= 11 is 0. The Kier molecular flexibility index (Phi) is 5.65. The van der Waals surface area contributed by atoms with Crippen LogP contribution in [0.4, 0.5) is 5.69 Å². The van der Waals surface area contributed by atoms with Gasteiger partial charge in [0.25, 0.3) is 5.91 Å². The Hall–Kier alpha value is -3.73. The van der Waals surface area contributed by atoms with E-state index in [9.17, 15) is 10.1 Å². The zero-order valence-electron chi connectivity index (χ0n) is 16.0. The van der Waals surface area contributed by atoms with Crippen molar-refractivity contribution in [2.45, 2.75) is 33.7 Å². The summed E-state index contributed by atoms with van der Waals surface area (Å²) in [6.07, 6.45) is 4.14. The van der Waals surface area contributed by atoms with Crippen LogP contribution in [0.25, 0.3) is 11.8 Å². The maximum Gasteiger partial charge on any atom is 0.266 e. The Morgan fingerprint density at radius 1 is 1.29 bits per heavy atom. The maximum atomic E-state index is 12.5. The van der Waals surface area contributed by atoms with Gasteiger partial charge in [-0.1, -0.05) is 6.92 Å². The normalized spacial score (nSPS) is 11.3. The minimum absolute atomic E-state index is 0.0568. The van der Waals surface area contributed by atoms with Gasteiger partial charge in [-0.15, -0.1) is 5.10 Å². The van der Waals surface area contributed by atoms with Gasteiger partial charge in [-0.3, -0.25) is 4.79 Å². The lowest BCUT2D eigenvalue weighted by atomic mass is 10.1. The predicted octanol–water partition coefficient (Wildman–Crippen LogP) is 3.04. The van der Waals surface area contributed by atoms with E-state index in [2.05, 4.69) is 32.3 Å². The molecule has 0 aliphatic heterocycles. The van der Waals surface area contributed by atoms with Crippen LogP contribution in [0.5, 0.6) is 0 Å². The number of benzene rings is 1. The van der Waals surface area contributed by atoms with Gasteiger partial charge in [0.1, 0.15) is 18.0 Å². The van der Waals surface area contributed by atoms with Crippen molar-refractivity contribution in [3.63, 3.8) is 0 Å². The zero-order valence-corrected chi connectivity index (χ0v) is 16.0. The molecule has 1 aromatic carbocycles. The number of anilines is 1. The van der Waals surface area contributed by atoms with Crippen molar-refractivity contribution in [2.24, 2.45) is 0 Å². The molecule has 8 heteroatoms. The van der Waals surface area contributed by atoms with E-state index >= 15 is 0 Å². The summed E-state index contributed by atoms with van der Waals surface area (Å²) < 4.78 is 3.70. The molecule has 8 nitrogen and oxygen atoms in total. The van der Waals surface area contributed by atoms with Crippen LogP contribution < -0.4 is 5.32 Å². The average molecular weight is 375 g/mol. The summed E-state index contributed by atoms with van der Waals surface area (Å²) in [7, 11) is 0. The summed E-state index contributed by atoms with van der Waals surface area (Å²) in [4.78, 5) is 12.5. The molecule has 0 atom stereocenters. The van der Waals surface area contributed by atoms with Gasteiger partial charge in [0.15, 0.2) is 0 Å². The fourth-order valence-corrected chi connectivity index (χ4v) is 3.02. The number of aromatic nitrogens is 5. The first-order valence-electron chi connectivity index (χ1n) is 8.96. The molecule has 0 saturated heterocycles. The monoisotopic (exact) mass is 375 g/mol. The third kappa shape index (κ3) is 3.99. The van der Waals surface area contributed by atoms with E-state index in [0.29, 0.717) is 5.69 Å². The third-order valence-corrected chi connectivity index (χ3v) is 4.46. The summed E-state index contributed by atoms with van der Waals surface area (Å²) in [6, 6.07) is 11.0. The molecule has 0 aliphatic rings. The third-order valence-electron chi connectivity index (χ3n) is 4.46. The number of hydrogen-bond donors (Lipinski definition) is 1. The van der Waals surface area contributed by atoms with Gasteiger partial charge in [0.2, 0.25) is 0 Å². The Morgan fingerprint density at radius 3 is 2.64 bits per heavy atom. The second kappa shape index (κ2) is 8.31. The van der Waals surface area contributed by atoms with Crippen molar-refractivity contribution in [1.29, 1.82) is 5.26 Å². The number of nitrogens with zero attached hydrogens (tertiary/aromatic N) is 6. The van der Waals surface area contributed by atoms with Crippen LogP contribution in [0.1, 0.15) is 30.3 Å². The molecule has 0 aliphatic carbocycles. The minimum Gasteiger partial charge on any atom is -0.349 e. The van der Waals surface area contributed by atoms with Gasteiger partial charge in [0, 0.05) is 23.6 Å². The number of carbonyl (C=O) groups is 1. The fraction of sp³-hybridized carbons (Fsp3) is 0.250. The van der Waals surface area contributed by atoms with Crippen LogP contribution in [0.3, 0.4) is 0 Å².